The summed E-state index contributed by atoms with van der Waals surface area (Å²) in [7, 11) is 0. The van der Waals surface area contributed by atoms with Crippen molar-refractivity contribution in [3.05, 3.63) is 74.9 Å². The van der Waals surface area contributed by atoms with Gasteiger partial charge in [-0.05, 0) is 50.1 Å². The Labute approximate surface area is 161 Å². The van der Waals surface area contributed by atoms with E-state index in [0.717, 1.165) is 26.9 Å². The normalized spacial score (nSPS) is 16.8. The zero-order valence-corrected chi connectivity index (χ0v) is 16.4. The highest BCUT2D eigenvalue weighted by Crippen LogP contribution is 2.29. The summed E-state index contributed by atoms with van der Waals surface area (Å²) < 4.78 is 0.934. The van der Waals surface area contributed by atoms with Crippen LogP contribution in [0.5, 0.6) is 0 Å². The van der Waals surface area contributed by atoms with Gasteiger partial charge in [0.15, 0.2) is 0 Å². The van der Waals surface area contributed by atoms with Crippen LogP contribution in [0.2, 0.25) is 0 Å². The summed E-state index contributed by atoms with van der Waals surface area (Å²) >= 11 is 3.40. The lowest BCUT2D eigenvalue weighted by atomic mass is 9.94. The molecule has 2 aromatic carbocycles. The fraction of sp³-hybridized carbons (Fsp3) is 0.200. The lowest BCUT2D eigenvalue weighted by Gasteiger charge is -2.29. The number of nitrogens with one attached hydrogen (secondary N) is 3. The van der Waals surface area contributed by atoms with E-state index in [0.29, 0.717) is 11.3 Å². The van der Waals surface area contributed by atoms with Gasteiger partial charge in [-0.25, -0.2) is 4.79 Å². The van der Waals surface area contributed by atoms with Crippen LogP contribution in [0.3, 0.4) is 0 Å². The van der Waals surface area contributed by atoms with E-state index >= 15 is 0 Å². The van der Waals surface area contributed by atoms with E-state index in [1.165, 1.54) is 0 Å². The highest BCUT2D eigenvalue weighted by atomic mass is 79.9. The molecule has 0 aliphatic carbocycles. The first-order chi connectivity index (χ1) is 12.3. The zero-order valence-electron chi connectivity index (χ0n) is 14.8. The Morgan fingerprint density at radius 2 is 1.77 bits per heavy atom. The van der Waals surface area contributed by atoms with Crippen molar-refractivity contribution < 1.29 is 9.59 Å². The Morgan fingerprint density at radius 1 is 1.08 bits per heavy atom. The molecule has 3 amide bonds. The summed E-state index contributed by atoms with van der Waals surface area (Å²) in [5.74, 6) is -0.241. The van der Waals surface area contributed by atoms with Crippen LogP contribution in [0.15, 0.2) is 58.2 Å². The number of allylic oxidation sites excluding steroid dienone is 1. The number of hydrogen-bond acceptors (Lipinski definition) is 2. The van der Waals surface area contributed by atoms with Crippen molar-refractivity contribution in [1.82, 2.24) is 10.6 Å². The molecule has 0 radical (unpaired) electrons. The van der Waals surface area contributed by atoms with E-state index < -0.39 is 6.04 Å². The van der Waals surface area contributed by atoms with Crippen molar-refractivity contribution in [2.45, 2.75) is 26.8 Å². The largest absolute Gasteiger partial charge is 0.327 e. The third kappa shape index (κ3) is 3.80. The second kappa shape index (κ2) is 7.33. The number of halogens is 1. The SMILES string of the molecule is CC1=C(C(=O)Nc2ccc(C)cc2C)C(c2ccc(Br)cc2)NC(=O)N1. The number of benzene rings is 2. The molecule has 3 N–H and O–H groups in total. The molecular weight excluding hydrogens is 394 g/mol. The molecule has 0 aromatic heterocycles. The van der Waals surface area contributed by atoms with Crippen LogP contribution in [0.1, 0.15) is 29.7 Å². The van der Waals surface area contributed by atoms with Crippen molar-refractivity contribution >= 4 is 33.6 Å². The molecule has 0 saturated carbocycles. The summed E-state index contributed by atoms with van der Waals surface area (Å²) in [6.07, 6.45) is 0. The zero-order chi connectivity index (χ0) is 18.8. The second-order valence-corrected chi connectivity index (χ2v) is 7.31. The van der Waals surface area contributed by atoms with Gasteiger partial charge in [0.2, 0.25) is 0 Å². The van der Waals surface area contributed by atoms with Gasteiger partial charge in [-0.1, -0.05) is 45.8 Å². The van der Waals surface area contributed by atoms with Crippen molar-refractivity contribution in [3.8, 4) is 0 Å². The smallest absolute Gasteiger partial charge is 0.319 e. The molecule has 3 rings (SSSR count). The quantitative estimate of drug-likeness (QED) is 0.700. The maximum Gasteiger partial charge on any atom is 0.319 e. The van der Waals surface area contributed by atoms with Gasteiger partial charge in [0, 0.05) is 15.9 Å². The van der Waals surface area contributed by atoms with Crippen LogP contribution in [0.4, 0.5) is 10.5 Å². The fourth-order valence-corrected chi connectivity index (χ4v) is 3.31. The van der Waals surface area contributed by atoms with Crippen molar-refractivity contribution in [2.24, 2.45) is 0 Å². The van der Waals surface area contributed by atoms with Gasteiger partial charge in [-0.2, -0.15) is 0 Å². The standard InChI is InChI=1S/C20H20BrN3O2/c1-11-4-9-16(12(2)10-11)23-19(25)17-13(3)22-20(26)24-18(17)14-5-7-15(21)8-6-14/h4-10,18H,1-3H3,(H,23,25)(H2,22,24,26). The van der Waals surface area contributed by atoms with Crippen LogP contribution in [0.25, 0.3) is 0 Å². The summed E-state index contributed by atoms with van der Waals surface area (Å²) in [6.45, 7) is 5.70. The molecule has 134 valence electrons. The average Bonchev–Trinajstić information content (AvgIpc) is 2.57. The summed E-state index contributed by atoms with van der Waals surface area (Å²) in [4.78, 5) is 24.9. The topological polar surface area (TPSA) is 70.2 Å². The van der Waals surface area contributed by atoms with Crippen molar-refractivity contribution in [1.29, 1.82) is 0 Å². The first kappa shape index (κ1) is 18.2. The minimum Gasteiger partial charge on any atom is -0.327 e. The molecule has 2 aromatic rings. The maximum atomic E-state index is 13.0. The van der Waals surface area contributed by atoms with Gasteiger partial charge in [0.25, 0.3) is 5.91 Å². The number of urea groups is 1. The summed E-state index contributed by atoms with van der Waals surface area (Å²) in [5.41, 5.74) is 4.76. The molecule has 26 heavy (non-hydrogen) atoms. The highest BCUT2D eigenvalue weighted by molar-refractivity contribution is 9.10. The van der Waals surface area contributed by atoms with E-state index in [2.05, 4.69) is 31.9 Å². The Bertz CT molecular complexity index is 904. The van der Waals surface area contributed by atoms with Crippen LogP contribution in [-0.2, 0) is 4.79 Å². The van der Waals surface area contributed by atoms with Crippen LogP contribution in [-0.4, -0.2) is 11.9 Å². The molecule has 1 unspecified atom stereocenters. The molecule has 0 bridgehead atoms. The molecule has 0 fully saturated rings. The third-order valence-electron chi connectivity index (χ3n) is 4.35. The van der Waals surface area contributed by atoms with Gasteiger partial charge in [-0.3, -0.25) is 4.79 Å². The highest BCUT2D eigenvalue weighted by Gasteiger charge is 2.31. The minimum absolute atomic E-state index is 0.241. The first-order valence-corrected chi connectivity index (χ1v) is 9.07. The summed E-state index contributed by atoms with van der Waals surface area (Å²) in [5, 5.41) is 8.50. The van der Waals surface area contributed by atoms with E-state index in [-0.39, 0.29) is 11.9 Å². The molecule has 1 aliphatic heterocycles. The van der Waals surface area contributed by atoms with Gasteiger partial charge in [0.1, 0.15) is 0 Å². The van der Waals surface area contributed by atoms with Gasteiger partial charge in [0.05, 0.1) is 11.6 Å². The number of carbonyl (C=O) groups excluding carboxylic acids is 2. The Balaban J connectivity index is 1.95. The second-order valence-electron chi connectivity index (χ2n) is 6.39. The van der Waals surface area contributed by atoms with E-state index in [1.54, 1.807) is 6.92 Å². The third-order valence-corrected chi connectivity index (χ3v) is 4.88. The summed E-state index contributed by atoms with van der Waals surface area (Å²) in [6, 6.07) is 12.6. The molecular formula is C20H20BrN3O2. The van der Waals surface area contributed by atoms with Crippen LogP contribution < -0.4 is 16.0 Å². The number of rotatable bonds is 3. The number of amides is 3. The van der Waals surface area contributed by atoms with E-state index in [1.807, 2.05) is 56.3 Å². The van der Waals surface area contributed by atoms with Crippen molar-refractivity contribution in [2.75, 3.05) is 5.32 Å². The lowest BCUT2D eigenvalue weighted by molar-refractivity contribution is -0.113. The van der Waals surface area contributed by atoms with Crippen LogP contribution >= 0.6 is 15.9 Å². The predicted octanol–water partition coefficient (Wildman–Crippen LogP) is 4.33. The van der Waals surface area contributed by atoms with Crippen LogP contribution in [0, 0.1) is 13.8 Å². The molecule has 0 saturated heterocycles. The molecule has 5 nitrogen and oxygen atoms in total. The first-order valence-electron chi connectivity index (χ1n) is 8.27. The molecule has 0 spiro atoms. The Morgan fingerprint density at radius 3 is 2.42 bits per heavy atom. The van der Waals surface area contributed by atoms with E-state index in [4.69, 9.17) is 0 Å². The average molecular weight is 414 g/mol. The fourth-order valence-electron chi connectivity index (χ4n) is 3.04. The maximum absolute atomic E-state index is 13.0. The molecule has 1 aliphatic rings. The Hall–Kier alpha value is -2.60. The lowest BCUT2D eigenvalue weighted by Crippen LogP contribution is -2.46. The van der Waals surface area contributed by atoms with Gasteiger partial charge >= 0.3 is 6.03 Å². The van der Waals surface area contributed by atoms with E-state index in [9.17, 15) is 9.59 Å². The number of hydrogen-bond donors (Lipinski definition) is 3. The molecule has 6 heteroatoms. The predicted molar refractivity (Wildman–Crippen MR) is 106 cm³/mol. The molecule has 1 heterocycles. The number of carbonyl (C=O) groups is 2. The molecule has 1 atom stereocenters. The number of anilines is 1. The minimum atomic E-state index is -0.511. The Kier molecular flexibility index (Phi) is 5.13. The van der Waals surface area contributed by atoms with Crippen molar-refractivity contribution in [3.63, 3.8) is 0 Å². The monoisotopic (exact) mass is 413 g/mol. The van der Waals surface area contributed by atoms with Gasteiger partial charge in [-0.15, -0.1) is 0 Å². The number of aryl methyl sites for hydroxylation is 2. The van der Waals surface area contributed by atoms with Gasteiger partial charge < -0.3 is 16.0 Å².